The van der Waals surface area contributed by atoms with Crippen molar-refractivity contribution in [2.45, 2.75) is 13.3 Å². The van der Waals surface area contributed by atoms with Crippen LogP contribution in [0.25, 0.3) is 0 Å². The van der Waals surface area contributed by atoms with E-state index in [0.717, 1.165) is 6.42 Å². The average Bonchev–Trinajstić information content (AvgIpc) is 2.42. The first-order valence-electron chi connectivity index (χ1n) is 6.64. The van der Waals surface area contributed by atoms with Crippen molar-refractivity contribution in [1.82, 2.24) is 0 Å². The van der Waals surface area contributed by atoms with Crippen molar-refractivity contribution in [3.05, 3.63) is 29.6 Å². The Balaban J connectivity index is 2.99. The van der Waals surface area contributed by atoms with Crippen LogP contribution in [0.4, 0.5) is 10.1 Å². The molecule has 112 valence electrons. The minimum atomic E-state index is -0.482. The molecule has 4 nitrogen and oxygen atoms in total. The summed E-state index contributed by atoms with van der Waals surface area (Å²) in [7, 11) is 3.26. The highest BCUT2D eigenvalue weighted by molar-refractivity contribution is 6.00. The quantitative estimate of drug-likeness (QED) is 0.515. The van der Waals surface area contributed by atoms with E-state index in [1.807, 2.05) is 4.90 Å². The van der Waals surface area contributed by atoms with Crippen LogP contribution in [0.2, 0.25) is 0 Å². The smallest absolute Gasteiger partial charge is 0.164 e. The van der Waals surface area contributed by atoms with Gasteiger partial charge in [-0.05, 0) is 25.5 Å². The summed E-state index contributed by atoms with van der Waals surface area (Å²) in [5.41, 5.74) is 0.756. The van der Waals surface area contributed by atoms with Gasteiger partial charge >= 0.3 is 0 Å². The van der Waals surface area contributed by atoms with Gasteiger partial charge in [-0.2, -0.15) is 0 Å². The van der Waals surface area contributed by atoms with E-state index in [-0.39, 0.29) is 11.3 Å². The van der Waals surface area contributed by atoms with Gasteiger partial charge in [0.05, 0.1) is 17.9 Å². The number of nitrogens with zero attached hydrogens (tertiary/aromatic N) is 1. The summed E-state index contributed by atoms with van der Waals surface area (Å²) in [6.45, 7) is 3.80. The van der Waals surface area contributed by atoms with Crippen LogP contribution in [0.1, 0.15) is 23.7 Å². The summed E-state index contributed by atoms with van der Waals surface area (Å²) in [5.74, 6) is -0.753. The minimum absolute atomic E-state index is 0.140. The van der Waals surface area contributed by atoms with Crippen LogP contribution in [-0.2, 0) is 9.47 Å². The first-order chi connectivity index (χ1) is 9.61. The summed E-state index contributed by atoms with van der Waals surface area (Å²) < 4.78 is 24.0. The standard InChI is InChI=1S/C15H22FNO3/c1-12(18)15-13(16)6-4-7-14(15)17(9-11-20-3)8-5-10-19-2/h4,6-7H,5,8-11H2,1-3H3. The third kappa shape index (κ3) is 4.58. The van der Waals surface area contributed by atoms with Gasteiger partial charge in [-0.3, -0.25) is 4.79 Å². The van der Waals surface area contributed by atoms with Crippen LogP contribution in [0.5, 0.6) is 0 Å². The minimum Gasteiger partial charge on any atom is -0.385 e. The molecule has 0 N–H and O–H groups in total. The lowest BCUT2D eigenvalue weighted by Gasteiger charge is -2.26. The fourth-order valence-corrected chi connectivity index (χ4v) is 2.08. The molecule has 0 amide bonds. The molecular formula is C15H22FNO3. The zero-order valence-electron chi connectivity index (χ0n) is 12.3. The summed E-state index contributed by atoms with van der Waals surface area (Å²) in [6, 6.07) is 4.69. The Kier molecular flexibility index (Phi) is 7.18. The highest BCUT2D eigenvalue weighted by Gasteiger charge is 2.17. The Labute approximate surface area is 119 Å². The van der Waals surface area contributed by atoms with E-state index in [1.54, 1.807) is 26.4 Å². The van der Waals surface area contributed by atoms with Crippen molar-refractivity contribution in [3.8, 4) is 0 Å². The number of carbonyl (C=O) groups excluding carboxylic acids is 1. The number of anilines is 1. The molecular weight excluding hydrogens is 261 g/mol. The Hall–Kier alpha value is -1.46. The molecule has 1 aromatic carbocycles. The maximum Gasteiger partial charge on any atom is 0.164 e. The number of hydrogen-bond acceptors (Lipinski definition) is 4. The number of benzene rings is 1. The normalized spacial score (nSPS) is 10.6. The Morgan fingerprint density at radius 1 is 1.20 bits per heavy atom. The number of halogens is 1. The van der Waals surface area contributed by atoms with Gasteiger partial charge in [0.1, 0.15) is 5.82 Å². The molecule has 0 unspecified atom stereocenters. The second-order valence-corrected chi connectivity index (χ2v) is 4.52. The number of ketones is 1. The number of hydrogen-bond donors (Lipinski definition) is 0. The molecule has 20 heavy (non-hydrogen) atoms. The maximum absolute atomic E-state index is 13.9. The Morgan fingerprint density at radius 3 is 2.50 bits per heavy atom. The van der Waals surface area contributed by atoms with Crippen molar-refractivity contribution >= 4 is 11.5 Å². The third-order valence-corrected chi connectivity index (χ3v) is 3.03. The van der Waals surface area contributed by atoms with Crippen molar-refractivity contribution in [1.29, 1.82) is 0 Å². The SMILES string of the molecule is COCCCN(CCOC)c1cccc(F)c1C(C)=O. The molecule has 0 bridgehead atoms. The molecule has 0 aliphatic heterocycles. The molecule has 0 aromatic heterocycles. The molecule has 0 aliphatic rings. The van der Waals surface area contributed by atoms with E-state index in [2.05, 4.69) is 0 Å². The average molecular weight is 283 g/mol. The van der Waals surface area contributed by atoms with E-state index >= 15 is 0 Å². The number of carbonyl (C=O) groups is 1. The molecule has 0 fully saturated rings. The van der Waals surface area contributed by atoms with Crippen molar-refractivity contribution < 1.29 is 18.7 Å². The van der Waals surface area contributed by atoms with E-state index in [4.69, 9.17) is 9.47 Å². The number of ether oxygens (including phenoxy) is 2. The highest BCUT2D eigenvalue weighted by atomic mass is 19.1. The lowest BCUT2D eigenvalue weighted by molar-refractivity contribution is 0.101. The maximum atomic E-state index is 13.9. The van der Waals surface area contributed by atoms with Crippen LogP contribution in [0, 0.1) is 5.82 Å². The molecule has 0 radical (unpaired) electrons. The van der Waals surface area contributed by atoms with Gasteiger partial charge in [-0.25, -0.2) is 4.39 Å². The lowest BCUT2D eigenvalue weighted by atomic mass is 10.1. The molecule has 5 heteroatoms. The third-order valence-electron chi connectivity index (χ3n) is 3.03. The van der Waals surface area contributed by atoms with Gasteiger partial charge in [0, 0.05) is 33.9 Å². The van der Waals surface area contributed by atoms with Gasteiger partial charge in [0.2, 0.25) is 0 Å². The predicted octanol–water partition coefficient (Wildman–Crippen LogP) is 2.52. The Bertz CT molecular complexity index is 437. The second-order valence-electron chi connectivity index (χ2n) is 4.52. The molecule has 0 aliphatic carbocycles. The number of methoxy groups -OCH3 is 2. The van der Waals surface area contributed by atoms with Gasteiger partial charge < -0.3 is 14.4 Å². The van der Waals surface area contributed by atoms with E-state index < -0.39 is 5.82 Å². The molecule has 0 spiro atoms. The van der Waals surface area contributed by atoms with Crippen molar-refractivity contribution in [3.63, 3.8) is 0 Å². The molecule has 1 aromatic rings. The lowest BCUT2D eigenvalue weighted by Crippen LogP contribution is -2.30. The summed E-state index contributed by atoms with van der Waals surface area (Å²) >= 11 is 0. The van der Waals surface area contributed by atoms with Gasteiger partial charge in [0.25, 0.3) is 0 Å². The number of Topliss-reactive ketones (excluding diaryl/α,β-unsaturated/α-hetero) is 1. The molecule has 1 rings (SSSR count). The van der Waals surface area contributed by atoms with E-state index in [9.17, 15) is 9.18 Å². The fourth-order valence-electron chi connectivity index (χ4n) is 2.08. The second kappa shape index (κ2) is 8.66. The van der Waals surface area contributed by atoms with Gasteiger partial charge in [-0.1, -0.05) is 6.07 Å². The molecule has 0 atom stereocenters. The van der Waals surface area contributed by atoms with Gasteiger partial charge in [-0.15, -0.1) is 0 Å². The van der Waals surface area contributed by atoms with Crippen LogP contribution in [0.3, 0.4) is 0 Å². The first kappa shape index (κ1) is 16.6. The largest absolute Gasteiger partial charge is 0.385 e. The summed E-state index contributed by atoms with van der Waals surface area (Å²) in [4.78, 5) is 13.6. The summed E-state index contributed by atoms with van der Waals surface area (Å²) in [5, 5.41) is 0. The van der Waals surface area contributed by atoms with Crippen LogP contribution in [0.15, 0.2) is 18.2 Å². The monoisotopic (exact) mass is 283 g/mol. The molecule has 0 saturated carbocycles. The Morgan fingerprint density at radius 2 is 1.90 bits per heavy atom. The zero-order valence-corrected chi connectivity index (χ0v) is 12.3. The van der Waals surface area contributed by atoms with Crippen molar-refractivity contribution in [2.75, 3.05) is 45.4 Å². The fraction of sp³-hybridized carbons (Fsp3) is 0.533. The first-order valence-corrected chi connectivity index (χ1v) is 6.64. The predicted molar refractivity (Wildman–Crippen MR) is 77.0 cm³/mol. The van der Waals surface area contributed by atoms with Crippen molar-refractivity contribution in [2.24, 2.45) is 0 Å². The zero-order chi connectivity index (χ0) is 15.0. The van der Waals surface area contributed by atoms with E-state index in [0.29, 0.717) is 32.0 Å². The van der Waals surface area contributed by atoms with Crippen LogP contribution >= 0.6 is 0 Å². The topological polar surface area (TPSA) is 38.8 Å². The van der Waals surface area contributed by atoms with E-state index in [1.165, 1.54) is 13.0 Å². The van der Waals surface area contributed by atoms with Crippen LogP contribution in [-0.4, -0.2) is 46.3 Å². The molecule has 0 saturated heterocycles. The van der Waals surface area contributed by atoms with Crippen LogP contribution < -0.4 is 4.90 Å². The number of rotatable bonds is 9. The summed E-state index contributed by atoms with van der Waals surface area (Å²) in [6.07, 6.45) is 0.800. The highest BCUT2D eigenvalue weighted by Crippen LogP contribution is 2.24. The van der Waals surface area contributed by atoms with Gasteiger partial charge in [0.15, 0.2) is 5.78 Å². The molecule has 0 heterocycles.